The predicted molar refractivity (Wildman–Crippen MR) is 119 cm³/mol. The molecule has 156 valence electrons. The maximum atomic E-state index is 12.8. The fourth-order valence-electron chi connectivity index (χ4n) is 4.15. The van der Waals surface area contributed by atoms with Crippen LogP contribution in [-0.2, 0) is 16.0 Å². The van der Waals surface area contributed by atoms with E-state index in [1.807, 2.05) is 60.9 Å². The fourth-order valence-corrected chi connectivity index (χ4v) is 4.15. The lowest BCUT2D eigenvalue weighted by Crippen LogP contribution is -2.30. The Kier molecular flexibility index (Phi) is 5.00. The van der Waals surface area contributed by atoms with E-state index in [1.165, 1.54) is 10.9 Å². The van der Waals surface area contributed by atoms with Crippen molar-refractivity contribution in [1.82, 2.24) is 19.7 Å². The minimum Gasteiger partial charge on any atom is -0.361 e. The molecule has 1 aliphatic heterocycles. The molecule has 0 aliphatic carbocycles. The number of rotatable bonds is 6. The Morgan fingerprint density at radius 3 is 2.94 bits per heavy atom. The minimum atomic E-state index is -0.344. The zero-order valence-corrected chi connectivity index (χ0v) is 17.0. The minimum absolute atomic E-state index is 0.0327. The number of H-pyrrole nitrogens is 1. The molecule has 0 spiro atoms. The number of nitrogens with one attached hydrogen (secondary N) is 2. The van der Waals surface area contributed by atoms with Gasteiger partial charge in [-0.05, 0) is 42.3 Å². The van der Waals surface area contributed by atoms with Crippen LogP contribution in [0.25, 0.3) is 16.6 Å². The van der Waals surface area contributed by atoms with Crippen LogP contribution in [0.2, 0.25) is 0 Å². The SMILES string of the molecule is O=C(Nc1cccc(-n2cccn2)c1)C1CC(=O)N(CCc2c[nH]c3ccccc23)C1. The molecule has 1 unspecified atom stereocenters. The number of carbonyl (C=O) groups excluding carboxylic acids is 2. The van der Waals surface area contributed by atoms with Crippen molar-refractivity contribution < 1.29 is 9.59 Å². The Morgan fingerprint density at radius 2 is 2.06 bits per heavy atom. The van der Waals surface area contributed by atoms with E-state index in [2.05, 4.69) is 21.5 Å². The van der Waals surface area contributed by atoms with Crippen LogP contribution in [0.15, 0.2) is 73.2 Å². The van der Waals surface area contributed by atoms with E-state index in [1.54, 1.807) is 15.8 Å². The third-order valence-corrected chi connectivity index (χ3v) is 5.79. The monoisotopic (exact) mass is 413 g/mol. The van der Waals surface area contributed by atoms with E-state index in [0.29, 0.717) is 18.8 Å². The summed E-state index contributed by atoms with van der Waals surface area (Å²) >= 11 is 0. The van der Waals surface area contributed by atoms with Crippen LogP contribution in [0.3, 0.4) is 0 Å². The summed E-state index contributed by atoms with van der Waals surface area (Å²) in [7, 11) is 0. The summed E-state index contributed by atoms with van der Waals surface area (Å²) in [6, 6.07) is 17.5. The number of aromatic amines is 1. The second-order valence-electron chi connectivity index (χ2n) is 7.84. The van der Waals surface area contributed by atoms with Gasteiger partial charge < -0.3 is 15.2 Å². The smallest absolute Gasteiger partial charge is 0.229 e. The van der Waals surface area contributed by atoms with Crippen molar-refractivity contribution in [3.63, 3.8) is 0 Å². The highest BCUT2D eigenvalue weighted by Crippen LogP contribution is 2.23. The summed E-state index contributed by atoms with van der Waals surface area (Å²) in [4.78, 5) is 30.4. The Balaban J connectivity index is 1.21. The Morgan fingerprint density at radius 1 is 1.16 bits per heavy atom. The van der Waals surface area contributed by atoms with Gasteiger partial charge in [0.15, 0.2) is 0 Å². The molecule has 1 atom stereocenters. The van der Waals surface area contributed by atoms with Crippen LogP contribution in [-0.4, -0.2) is 44.6 Å². The summed E-state index contributed by atoms with van der Waals surface area (Å²) in [5.41, 5.74) is 3.85. The van der Waals surface area contributed by atoms with Gasteiger partial charge in [0.25, 0.3) is 0 Å². The Hall–Kier alpha value is -3.87. The summed E-state index contributed by atoms with van der Waals surface area (Å²) < 4.78 is 1.74. The normalized spacial score (nSPS) is 16.2. The highest BCUT2D eigenvalue weighted by atomic mass is 16.2. The van der Waals surface area contributed by atoms with Crippen molar-refractivity contribution in [2.75, 3.05) is 18.4 Å². The van der Waals surface area contributed by atoms with Gasteiger partial charge in [0.2, 0.25) is 11.8 Å². The molecule has 7 nitrogen and oxygen atoms in total. The summed E-state index contributed by atoms with van der Waals surface area (Å²) in [5.74, 6) is -0.435. The fraction of sp³-hybridized carbons (Fsp3) is 0.208. The van der Waals surface area contributed by atoms with Crippen molar-refractivity contribution in [2.24, 2.45) is 5.92 Å². The zero-order chi connectivity index (χ0) is 21.2. The summed E-state index contributed by atoms with van der Waals surface area (Å²) in [6.07, 6.45) is 6.57. The lowest BCUT2D eigenvalue weighted by molar-refractivity contribution is -0.128. The van der Waals surface area contributed by atoms with Gasteiger partial charge in [0.1, 0.15) is 0 Å². The molecule has 1 aliphatic rings. The summed E-state index contributed by atoms with van der Waals surface area (Å²) in [5, 5.41) is 8.35. The van der Waals surface area contributed by atoms with Crippen LogP contribution in [0.1, 0.15) is 12.0 Å². The topological polar surface area (TPSA) is 83.0 Å². The number of aromatic nitrogens is 3. The molecule has 2 N–H and O–H groups in total. The first-order valence-electron chi connectivity index (χ1n) is 10.4. The van der Waals surface area contributed by atoms with Gasteiger partial charge in [-0.25, -0.2) is 4.68 Å². The predicted octanol–water partition coefficient (Wildman–Crippen LogP) is 3.38. The van der Waals surface area contributed by atoms with Gasteiger partial charge in [0.05, 0.1) is 11.6 Å². The first-order chi connectivity index (χ1) is 15.2. The molecule has 0 saturated carbocycles. The van der Waals surface area contributed by atoms with Crippen molar-refractivity contribution in [3.8, 4) is 5.69 Å². The molecule has 5 rings (SSSR count). The van der Waals surface area contributed by atoms with Crippen LogP contribution in [0.5, 0.6) is 0 Å². The number of hydrogen-bond donors (Lipinski definition) is 2. The number of hydrogen-bond acceptors (Lipinski definition) is 3. The second kappa shape index (κ2) is 8.10. The van der Waals surface area contributed by atoms with Crippen molar-refractivity contribution in [1.29, 1.82) is 0 Å². The van der Waals surface area contributed by atoms with Crippen molar-refractivity contribution >= 4 is 28.4 Å². The number of fused-ring (bicyclic) bond motifs is 1. The molecule has 1 fully saturated rings. The molecule has 2 aromatic carbocycles. The van der Waals surface area contributed by atoms with Crippen molar-refractivity contribution in [2.45, 2.75) is 12.8 Å². The lowest BCUT2D eigenvalue weighted by Gasteiger charge is -2.16. The molecule has 4 aromatic rings. The molecule has 3 heterocycles. The van der Waals surface area contributed by atoms with E-state index in [4.69, 9.17) is 0 Å². The standard InChI is InChI=1S/C24H23N5O2/c30-23-13-18(16-28(23)12-9-17-15-25-22-8-2-1-7-21(17)22)24(31)27-19-5-3-6-20(14-19)29-11-4-10-26-29/h1-8,10-11,14-15,18,25H,9,12-13,16H2,(H,27,31). The molecule has 31 heavy (non-hydrogen) atoms. The zero-order valence-electron chi connectivity index (χ0n) is 17.0. The van der Waals surface area contributed by atoms with E-state index in [9.17, 15) is 9.59 Å². The number of amides is 2. The maximum Gasteiger partial charge on any atom is 0.229 e. The number of nitrogens with zero attached hydrogens (tertiary/aromatic N) is 3. The maximum absolute atomic E-state index is 12.8. The average Bonchev–Trinajstić information content (AvgIpc) is 3.53. The van der Waals surface area contributed by atoms with Gasteiger partial charge in [-0.3, -0.25) is 9.59 Å². The largest absolute Gasteiger partial charge is 0.361 e. The van der Waals surface area contributed by atoms with Gasteiger partial charge in [-0.2, -0.15) is 5.10 Å². The average molecular weight is 413 g/mol. The summed E-state index contributed by atoms with van der Waals surface area (Å²) in [6.45, 7) is 1.06. The number of benzene rings is 2. The molecule has 0 radical (unpaired) electrons. The number of likely N-dealkylation sites (tertiary alicyclic amines) is 1. The molecule has 2 aromatic heterocycles. The second-order valence-corrected chi connectivity index (χ2v) is 7.84. The molecular formula is C24H23N5O2. The van der Waals surface area contributed by atoms with E-state index in [-0.39, 0.29) is 24.2 Å². The van der Waals surface area contributed by atoms with E-state index < -0.39 is 0 Å². The first-order valence-corrected chi connectivity index (χ1v) is 10.4. The third-order valence-electron chi connectivity index (χ3n) is 5.79. The van der Waals surface area contributed by atoms with Crippen molar-refractivity contribution in [3.05, 3.63) is 78.8 Å². The van der Waals surface area contributed by atoms with Gasteiger partial charge in [0, 0.05) is 54.7 Å². The Bertz CT molecular complexity index is 1230. The molecule has 7 heteroatoms. The van der Waals surface area contributed by atoms with E-state index >= 15 is 0 Å². The molecule has 1 saturated heterocycles. The van der Waals surface area contributed by atoms with Gasteiger partial charge >= 0.3 is 0 Å². The number of carbonyl (C=O) groups is 2. The van der Waals surface area contributed by atoms with Crippen LogP contribution < -0.4 is 5.32 Å². The Labute approximate surface area is 179 Å². The molecule has 0 bridgehead atoms. The van der Waals surface area contributed by atoms with Crippen LogP contribution in [0.4, 0.5) is 5.69 Å². The van der Waals surface area contributed by atoms with Crippen LogP contribution >= 0.6 is 0 Å². The third kappa shape index (κ3) is 3.94. The number of anilines is 1. The van der Waals surface area contributed by atoms with E-state index in [0.717, 1.165) is 17.6 Å². The highest BCUT2D eigenvalue weighted by molar-refractivity contribution is 5.97. The highest BCUT2D eigenvalue weighted by Gasteiger charge is 2.34. The number of para-hydroxylation sites is 1. The van der Waals surface area contributed by atoms with Gasteiger partial charge in [-0.15, -0.1) is 0 Å². The van der Waals surface area contributed by atoms with Crippen LogP contribution in [0, 0.1) is 5.92 Å². The molecule has 2 amide bonds. The first kappa shape index (κ1) is 19.1. The molecular weight excluding hydrogens is 390 g/mol. The van der Waals surface area contributed by atoms with Gasteiger partial charge in [-0.1, -0.05) is 24.3 Å². The quantitative estimate of drug-likeness (QED) is 0.508. The lowest BCUT2D eigenvalue weighted by atomic mass is 10.1.